The maximum atomic E-state index is 13.5. The van der Waals surface area contributed by atoms with Crippen LogP contribution in [0.3, 0.4) is 0 Å². The Morgan fingerprint density at radius 1 is 1.15 bits per heavy atom. The van der Waals surface area contributed by atoms with Crippen LogP contribution in [0.4, 0.5) is 4.39 Å². The molecular formula is C17H22FNO. The Bertz CT molecular complexity index is 565. The van der Waals surface area contributed by atoms with Crippen LogP contribution in [-0.4, -0.2) is 6.54 Å². The first kappa shape index (κ1) is 14.8. The lowest BCUT2D eigenvalue weighted by atomic mass is 9.93. The molecule has 1 aromatic heterocycles. The Morgan fingerprint density at radius 3 is 2.30 bits per heavy atom. The second kappa shape index (κ2) is 6.23. The fourth-order valence-corrected chi connectivity index (χ4v) is 2.67. The van der Waals surface area contributed by atoms with Crippen molar-refractivity contribution in [3.8, 4) is 0 Å². The monoisotopic (exact) mass is 275 g/mol. The Hall–Kier alpha value is -1.61. The molecule has 0 saturated heterocycles. The number of nitrogens with one attached hydrogen (secondary N) is 1. The van der Waals surface area contributed by atoms with Crippen molar-refractivity contribution in [2.24, 2.45) is 0 Å². The number of hydrogen-bond acceptors (Lipinski definition) is 2. The molecule has 1 heterocycles. The molecule has 1 unspecified atom stereocenters. The zero-order chi connectivity index (χ0) is 14.7. The van der Waals surface area contributed by atoms with E-state index in [9.17, 15) is 4.39 Å². The molecule has 108 valence electrons. The largest absolute Gasteiger partial charge is 0.467 e. The number of aryl methyl sites for hydroxylation is 3. The second-order valence-electron chi connectivity index (χ2n) is 5.31. The Labute approximate surface area is 120 Å². The number of benzene rings is 1. The van der Waals surface area contributed by atoms with Crippen LogP contribution in [0.5, 0.6) is 0 Å². The molecule has 0 amide bonds. The van der Waals surface area contributed by atoms with E-state index < -0.39 is 0 Å². The van der Waals surface area contributed by atoms with Crippen molar-refractivity contribution in [1.29, 1.82) is 0 Å². The van der Waals surface area contributed by atoms with Crippen LogP contribution < -0.4 is 5.32 Å². The van der Waals surface area contributed by atoms with E-state index in [0.29, 0.717) is 0 Å². The highest BCUT2D eigenvalue weighted by atomic mass is 19.1. The van der Waals surface area contributed by atoms with E-state index in [2.05, 4.69) is 12.2 Å². The highest BCUT2D eigenvalue weighted by molar-refractivity contribution is 5.41. The van der Waals surface area contributed by atoms with E-state index in [1.807, 2.05) is 26.8 Å². The summed E-state index contributed by atoms with van der Waals surface area (Å²) in [5.74, 6) is 0.727. The van der Waals surface area contributed by atoms with Gasteiger partial charge in [0.2, 0.25) is 0 Å². The average molecular weight is 275 g/mol. The third-order valence-electron chi connectivity index (χ3n) is 3.61. The molecule has 2 aromatic rings. The van der Waals surface area contributed by atoms with Crippen LogP contribution in [-0.2, 0) is 0 Å². The molecule has 3 heteroatoms. The number of hydrogen-bond donors (Lipinski definition) is 1. The normalized spacial score (nSPS) is 12.7. The summed E-state index contributed by atoms with van der Waals surface area (Å²) >= 11 is 0. The van der Waals surface area contributed by atoms with Crippen molar-refractivity contribution >= 4 is 0 Å². The first-order valence-electron chi connectivity index (χ1n) is 7.08. The van der Waals surface area contributed by atoms with Gasteiger partial charge in [0.1, 0.15) is 11.6 Å². The van der Waals surface area contributed by atoms with Crippen LogP contribution >= 0.6 is 0 Å². The maximum Gasteiger partial charge on any atom is 0.128 e. The lowest BCUT2D eigenvalue weighted by molar-refractivity contribution is 0.441. The topological polar surface area (TPSA) is 25.2 Å². The van der Waals surface area contributed by atoms with Crippen LogP contribution in [0, 0.1) is 26.6 Å². The van der Waals surface area contributed by atoms with Gasteiger partial charge in [-0.15, -0.1) is 0 Å². The predicted molar refractivity (Wildman–Crippen MR) is 79.5 cm³/mol. The number of halogens is 1. The highest BCUT2D eigenvalue weighted by Gasteiger charge is 2.22. The van der Waals surface area contributed by atoms with E-state index in [4.69, 9.17) is 4.42 Å². The van der Waals surface area contributed by atoms with Crippen molar-refractivity contribution in [3.05, 3.63) is 58.3 Å². The second-order valence-corrected chi connectivity index (χ2v) is 5.31. The third-order valence-corrected chi connectivity index (χ3v) is 3.61. The number of furan rings is 1. The summed E-state index contributed by atoms with van der Waals surface area (Å²) in [7, 11) is 0. The fourth-order valence-electron chi connectivity index (χ4n) is 2.67. The van der Waals surface area contributed by atoms with Crippen LogP contribution in [0.25, 0.3) is 0 Å². The zero-order valence-corrected chi connectivity index (χ0v) is 12.6. The molecule has 0 fully saturated rings. The predicted octanol–water partition coefficient (Wildman–Crippen LogP) is 4.43. The summed E-state index contributed by atoms with van der Waals surface area (Å²) in [6, 6.07) is 5.11. The SMILES string of the molecule is CCCNC(c1occc1C)c1c(C)cc(F)cc1C. The van der Waals surface area contributed by atoms with Gasteiger partial charge in [-0.3, -0.25) is 0 Å². The summed E-state index contributed by atoms with van der Waals surface area (Å²) in [5.41, 5.74) is 4.12. The van der Waals surface area contributed by atoms with Gasteiger partial charge in [0, 0.05) is 0 Å². The molecular weight excluding hydrogens is 253 g/mol. The minimum absolute atomic E-state index is 0.0226. The van der Waals surface area contributed by atoms with E-state index >= 15 is 0 Å². The Morgan fingerprint density at radius 2 is 1.80 bits per heavy atom. The van der Waals surface area contributed by atoms with Crippen LogP contribution in [0.1, 0.15) is 47.4 Å². The summed E-state index contributed by atoms with van der Waals surface area (Å²) < 4.78 is 19.2. The van der Waals surface area contributed by atoms with E-state index in [-0.39, 0.29) is 11.9 Å². The van der Waals surface area contributed by atoms with Crippen molar-refractivity contribution in [1.82, 2.24) is 5.32 Å². The lowest BCUT2D eigenvalue weighted by Crippen LogP contribution is -2.25. The molecule has 0 aliphatic carbocycles. The third kappa shape index (κ3) is 2.93. The summed E-state index contributed by atoms with van der Waals surface area (Å²) in [6.45, 7) is 8.95. The molecule has 0 bridgehead atoms. The van der Waals surface area contributed by atoms with Gasteiger partial charge in [0.15, 0.2) is 0 Å². The van der Waals surface area contributed by atoms with Crippen molar-refractivity contribution in [2.45, 2.75) is 40.2 Å². The van der Waals surface area contributed by atoms with Crippen LogP contribution in [0.2, 0.25) is 0 Å². The van der Waals surface area contributed by atoms with Crippen molar-refractivity contribution < 1.29 is 8.81 Å². The smallest absolute Gasteiger partial charge is 0.128 e. The van der Waals surface area contributed by atoms with E-state index in [1.165, 1.54) is 0 Å². The molecule has 0 aliphatic rings. The maximum absolute atomic E-state index is 13.5. The molecule has 0 spiro atoms. The lowest BCUT2D eigenvalue weighted by Gasteiger charge is -2.22. The molecule has 1 atom stereocenters. The minimum atomic E-state index is -0.186. The molecule has 2 nitrogen and oxygen atoms in total. The van der Waals surface area contributed by atoms with E-state index in [1.54, 1.807) is 18.4 Å². The van der Waals surface area contributed by atoms with Crippen LogP contribution in [0.15, 0.2) is 28.9 Å². The average Bonchev–Trinajstić information content (AvgIpc) is 2.78. The Balaban J connectivity index is 2.50. The molecule has 0 radical (unpaired) electrons. The van der Waals surface area contributed by atoms with Gasteiger partial charge in [-0.1, -0.05) is 6.92 Å². The molecule has 0 aliphatic heterocycles. The number of rotatable bonds is 5. The first-order valence-corrected chi connectivity index (χ1v) is 7.08. The van der Waals surface area contributed by atoms with Gasteiger partial charge in [0.25, 0.3) is 0 Å². The highest BCUT2D eigenvalue weighted by Crippen LogP contribution is 2.31. The zero-order valence-electron chi connectivity index (χ0n) is 12.6. The first-order chi connectivity index (χ1) is 9.54. The molecule has 1 N–H and O–H groups in total. The quantitative estimate of drug-likeness (QED) is 0.873. The summed E-state index contributed by atoms with van der Waals surface area (Å²) in [6.07, 6.45) is 2.75. The summed E-state index contributed by atoms with van der Waals surface area (Å²) in [5, 5.41) is 3.51. The van der Waals surface area contributed by atoms with Gasteiger partial charge in [-0.05, 0) is 74.2 Å². The molecule has 2 rings (SSSR count). The van der Waals surface area contributed by atoms with E-state index in [0.717, 1.165) is 41.0 Å². The van der Waals surface area contributed by atoms with Crippen molar-refractivity contribution in [2.75, 3.05) is 6.54 Å². The van der Waals surface area contributed by atoms with Gasteiger partial charge >= 0.3 is 0 Å². The molecule has 1 aromatic carbocycles. The fraction of sp³-hybridized carbons (Fsp3) is 0.412. The van der Waals surface area contributed by atoms with Gasteiger partial charge in [-0.25, -0.2) is 4.39 Å². The van der Waals surface area contributed by atoms with Crippen molar-refractivity contribution in [3.63, 3.8) is 0 Å². The minimum Gasteiger partial charge on any atom is -0.467 e. The molecule has 20 heavy (non-hydrogen) atoms. The van der Waals surface area contributed by atoms with Gasteiger partial charge < -0.3 is 9.73 Å². The van der Waals surface area contributed by atoms with Gasteiger partial charge in [0.05, 0.1) is 12.3 Å². The standard InChI is InChI=1S/C17H22FNO/c1-5-7-19-16(17-11(2)6-8-20-17)15-12(3)9-14(18)10-13(15)4/h6,8-10,16,19H,5,7H2,1-4H3. The Kier molecular flexibility index (Phi) is 4.61. The molecule has 0 saturated carbocycles. The summed E-state index contributed by atoms with van der Waals surface area (Å²) in [4.78, 5) is 0. The van der Waals surface area contributed by atoms with Gasteiger partial charge in [-0.2, -0.15) is 0 Å².